The van der Waals surface area contributed by atoms with Crippen molar-refractivity contribution in [1.82, 2.24) is 24.3 Å². The molecule has 4 heterocycles. The molecule has 12 nitrogen and oxygen atoms in total. The Morgan fingerprint density at radius 3 is 1.62 bits per heavy atom. The third-order valence-electron chi connectivity index (χ3n) is 6.50. The first-order chi connectivity index (χ1) is 20.6. The first kappa shape index (κ1) is 39.9. The summed E-state index contributed by atoms with van der Waals surface area (Å²) in [5, 5.41) is 21.4. The maximum atomic E-state index is 10.6. The molecule has 3 N–H and O–H groups in total. The lowest BCUT2D eigenvalue weighted by Gasteiger charge is -2.32. The lowest BCUT2D eigenvalue weighted by atomic mass is 9.99. The van der Waals surface area contributed by atoms with E-state index in [0.717, 1.165) is 58.4 Å². The molecule has 0 atom stereocenters. The minimum absolute atomic E-state index is 0.810. The number of rotatable bonds is 4. The van der Waals surface area contributed by atoms with Crippen molar-refractivity contribution in [2.45, 2.75) is 51.0 Å². The van der Waals surface area contributed by atoms with Gasteiger partial charge in [0.05, 0.1) is 12.2 Å². The van der Waals surface area contributed by atoms with E-state index in [1.54, 1.807) is 0 Å². The average Bonchev–Trinajstić information content (AvgIpc) is 3.31. The van der Waals surface area contributed by atoms with Gasteiger partial charge in [-0.25, -0.2) is 19.4 Å². The van der Waals surface area contributed by atoms with Crippen LogP contribution in [0.4, 0.5) is 39.5 Å². The minimum Gasteiger partial charge on any atom is -0.475 e. The van der Waals surface area contributed by atoms with Crippen molar-refractivity contribution in [3.05, 3.63) is 17.7 Å². The van der Waals surface area contributed by atoms with Crippen LogP contribution in [0.3, 0.4) is 0 Å². The molecule has 4 rings (SSSR count). The Hall–Kier alpha value is -3.17. The number of fused-ring (bicyclic) bond motifs is 1. The SMILES string of the molecule is CN1CCN(Cc2cn3c(n2)CN(CC2CCOCC2)CC3)CC1.O=C(O)C(F)(F)F.O=C(O)C(F)(F)F.O=C(O)C(F)(F)F. The van der Waals surface area contributed by atoms with Gasteiger partial charge in [0, 0.05) is 71.8 Å². The number of likely N-dealkylation sites (N-methyl/N-ethyl adjacent to an activating group) is 1. The number of nitrogens with zero attached hydrogens (tertiary/aromatic N) is 5. The Bertz CT molecular complexity index is 1030. The third kappa shape index (κ3) is 16.1. The molecule has 21 heteroatoms. The van der Waals surface area contributed by atoms with Crippen molar-refractivity contribution < 1.29 is 74.0 Å². The Morgan fingerprint density at radius 2 is 1.20 bits per heavy atom. The van der Waals surface area contributed by atoms with Gasteiger partial charge in [-0.2, -0.15) is 39.5 Å². The molecule has 3 aliphatic rings. The molecule has 1 aromatic heterocycles. The third-order valence-corrected chi connectivity index (χ3v) is 6.50. The first-order valence-electron chi connectivity index (χ1n) is 13.3. The van der Waals surface area contributed by atoms with Gasteiger partial charge in [0.2, 0.25) is 0 Å². The fraction of sp³-hybridized carbons (Fsp3) is 0.750. The molecule has 0 amide bonds. The standard InChI is InChI=1S/C18H31N5O.3C2HF3O2/c1-20-4-6-21(7-5-20)13-17-14-23-9-8-22(15-18(23)19-17)12-16-2-10-24-11-3-16;3*3-2(4,5)1(6)7/h14,16H,2-13,15H2,1H3;3*(H,6,7). The number of halogens is 9. The lowest BCUT2D eigenvalue weighted by molar-refractivity contribution is -0.193. The highest BCUT2D eigenvalue weighted by molar-refractivity contribution is 5.73. The van der Waals surface area contributed by atoms with E-state index in [1.165, 1.54) is 44.0 Å². The normalized spacial score (nSPS) is 18.6. The molecule has 2 saturated heterocycles. The number of hydrogen-bond donors (Lipinski definition) is 3. The summed E-state index contributed by atoms with van der Waals surface area (Å²) >= 11 is 0. The van der Waals surface area contributed by atoms with Gasteiger partial charge in [0.15, 0.2) is 0 Å². The van der Waals surface area contributed by atoms with E-state index < -0.39 is 36.4 Å². The molecule has 0 spiro atoms. The van der Waals surface area contributed by atoms with Crippen LogP contribution in [0.5, 0.6) is 0 Å². The molecule has 0 unspecified atom stereocenters. The number of ether oxygens (including phenoxy) is 1. The molecular weight excluding hydrogens is 641 g/mol. The van der Waals surface area contributed by atoms with Crippen LogP contribution >= 0.6 is 0 Å². The van der Waals surface area contributed by atoms with Crippen LogP contribution in [0.1, 0.15) is 24.4 Å². The molecule has 260 valence electrons. The monoisotopic (exact) mass is 675 g/mol. The second kappa shape index (κ2) is 17.5. The predicted molar refractivity (Wildman–Crippen MR) is 135 cm³/mol. The van der Waals surface area contributed by atoms with Crippen LogP contribution in [0.2, 0.25) is 0 Å². The summed E-state index contributed by atoms with van der Waals surface area (Å²) < 4.78 is 103. The van der Waals surface area contributed by atoms with Gasteiger partial charge in [-0.15, -0.1) is 0 Å². The lowest BCUT2D eigenvalue weighted by Crippen LogP contribution is -2.43. The van der Waals surface area contributed by atoms with Gasteiger partial charge in [0.1, 0.15) is 5.82 Å². The summed E-state index contributed by atoms with van der Waals surface area (Å²) in [6, 6.07) is 0. The van der Waals surface area contributed by atoms with Crippen molar-refractivity contribution in [3.8, 4) is 0 Å². The highest BCUT2D eigenvalue weighted by Crippen LogP contribution is 2.20. The molecule has 2 fully saturated rings. The van der Waals surface area contributed by atoms with E-state index in [1.807, 2.05) is 0 Å². The van der Waals surface area contributed by atoms with Crippen molar-refractivity contribution in [3.63, 3.8) is 0 Å². The van der Waals surface area contributed by atoms with Gasteiger partial charge < -0.3 is 29.5 Å². The van der Waals surface area contributed by atoms with Crippen molar-refractivity contribution in [2.24, 2.45) is 5.92 Å². The predicted octanol–water partition coefficient (Wildman–Crippen LogP) is 2.77. The van der Waals surface area contributed by atoms with Crippen LogP contribution in [0.15, 0.2) is 6.20 Å². The van der Waals surface area contributed by atoms with E-state index >= 15 is 0 Å². The van der Waals surface area contributed by atoms with E-state index in [-0.39, 0.29) is 0 Å². The van der Waals surface area contributed by atoms with Gasteiger partial charge in [-0.05, 0) is 25.8 Å². The summed E-state index contributed by atoms with van der Waals surface area (Å²) in [5.74, 6) is -6.20. The highest BCUT2D eigenvalue weighted by atomic mass is 19.4. The number of aromatic nitrogens is 2. The molecular formula is C24H34F9N5O7. The summed E-state index contributed by atoms with van der Waals surface area (Å²) in [5.41, 5.74) is 1.25. The topological polar surface area (TPSA) is 149 Å². The summed E-state index contributed by atoms with van der Waals surface area (Å²) in [7, 11) is 2.21. The van der Waals surface area contributed by atoms with E-state index in [2.05, 4.69) is 32.5 Å². The fourth-order valence-electron chi connectivity index (χ4n) is 4.12. The van der Waals surface area contributed by atoms with E-state index in [4.69, 9.17) is 39.4 Å². The summed E-state index contributed by atoms with van der Waals surface area (Å²) in [6.07, 6.45) is -10.5. The average molecular weight is 676 g/mol. The quantitative estimate of drug-likeness (QED) is 0.405. The molecule has 1 aromatic rings. The van der Waals surface area contributed by atoms with E-state index in [9.17, 15) is 39.5 Å². The van der Waals surface area contributed by atoms with Gasteiger partial charge in [-0.3, -0.25) is 9.80 Å². The molecule has 0 aliphatic carbocycles. The number of carboxylic acids is 3. The summed E-state index contributed by atoms with van der Waals surface area (Å²) in [6.45, 7) is 12.0. The van der Waals surface area contributed by atoms with Crippen LogP contribution < -0.4 is 0 Å². The molecule has 0 saturated carbocycles. The van der Waals surface area contributed by atoms with Crippen molar-refractivity contribution in [2.75, 3.05) is 59.5 Å². The number of hydrogen-bond acceptors (Lipinski definition) is 8. The Balaban J connectivity index is 0.000000396. The van der Waals surface area contributed by atoms with Crippen molar-refractivity contribution in [1.29, 1.82) is 0 Å². The zero-order valence-electron chi connectivity index (χ0n) is 24.0. The zero-order chi connectivity index (χ0) is 34.6. The maximum Gasteiger partial charge on any atom is 0.490 e. The first-order valence-corrected chi connectivity index (χ1v) is 13.3. The summed E-state index contributed by atoms with van der Waals surface area (Å²) in [4.78, 5) is 39.2. The van der Waals surface area contributed by atoms with Crippen LogP contribution in [0.25, 0.3) is 0 Å². The van der Waals surface area contributed by atoms with Crippen LogP contribution in [-0.4, -0.2) is 136 Å². The largest absolute Gasteiger partial charge is 0.490 e. The molecule has 0 aromatic carbocycles. The Kier molecular flexibility index (Phi) is 15.5. The van der Waals surface area contributed by atoms with Gasteiger partial charge in [-0.1, -0.05) is 0 Å². The number of piperazine rings is 1. The molecule has 0 radical (unpaired) electrons. The molecule has 0 bridgehead atoms. The highest BCUT2D eigenvalue weighted by Gasteiger charge is 2.39. The second-order valence-corrected chi connectivity index (χ2v) is 10.1. The van der Waals surface area contributed by atoms with Crippen LogP contribution in [-0.2, 0) is 38.8 Å². The maximum absolute atomic E-state index is 10.6. The number of alkyl halides is 9. The number of imidazole rings is 1. The fourth-order valence-corrected chi connectivity index (χ4v) is 4.12. The van der Waals surface area contributed by atoms with Gasteiger partial charge in [0.25, 0.3) is 0 Å². The molecule has 45 heavy (non-hydrogen) atoms. The minimum atomic E-state index is -5.08. The van der Waals surface area contributed by atoms with Crippen LogP contribution in [0, 0.1) is 5.92 Å². The number of carboxylic acid groups (broad SMARTS) is 3. The van der Waals surface area contributed by atoms with Crippen molar-refractivity contribution >= 4 is 17.9 Å². The smallest absolute Gasteiger partial charge is 0.475 e. The van der Waals surface area contributed by atoms with E-state index in [0.29, 0.717) is 0 Å². The number of carbonyl (C=O) groups is 3. The zero-order valence-corrected chi connectivity index (χ0v) is 24.0. The Morgan fingerprint density at radius 1 is 0.778 bits per heavy atom. The molecule has 3 aliphatic heterocycles. The Labute approximate surface area is 250 Å². The number of aliphatic carboxylic acids is 3. The van der Waals surface area contributed by atoms with Gasteiger partial charge >= 0.3 is 36.4 Å². The second-order valence-electron chi connectivity index (χ2n) is 10.1.